The second-order valence-corrected chi connectivity index (χ2v) is 27.8. The van der Waals surface area contributed by atoms with Gasteiger partial charge in [-0.2, -0.15) is 47.0 Å². The van der Waals surface area contributed by atoms with Crippen molar-refractivity contribution in [3.05, 3.63) is 48.6 Å². The van der Waals surface area contributed by atoms with Crippen LogP contribution in [-0.4, -0.2) is 242 Å². The van der Waals surface area contributed by atoms with E-state index in [1.165, 1.54) is 68.2 Å². The topological polar surface area (TPSA) is 303 Å². The summed E-state index contributed by atoms with van der Waals surface area (Å²) in [5, 5.41) is 11.9. The number of nitrogens with one attached hydrogen (secondary N) is 4. The number of carbonyl (C=O) groups is 12. The highest BCUT2D eigenvalue weighted by Gasteiger charge is 2.33. The van der Waals surface area contributed by atoms with Crippen LogP contribution < -0.4 is 21.3 Å². The van der Waals surface area contributed by atoms with Gasteiger partial charge in [-0.3, -0.25) is 77.1 Å². The van der Waals surface area contributed by atoms with Crippen LogP contribution in [0.15, 0.2) is 48.6 Å². The molecule has 4 aliphatic rings. The van der Waals surface area contributed by atoms with Gasteiger partial charge in [-0.1, -0.05) is 25.7 Å². The first-order chi connectivity index (χ1) is 45.2. The minimum atomic E-state index is -0.630. The molecule has 4 N–H and O–H groups in total. The third kappa shape index (κ3) is 36.4. The van der Waals surface area contributed by atoms with Crippen molar-refractivity contribution in [2.75, 3.05) is 151 Å². The molecule has 12 amide bonds. The van der Waals surface area contributed by atoms with Gasteiger partial charge in [-0.05, 0) is 100 Å². The van der Waals surface area contributed by atoms with Crippen LogP contribution in [0.3, 0.4) is 0 Å². The van der Waals surface area contributed by atoms with Crippen LogP contribution in [0.5, 0.6) is 0 Å². The van der Waals surface area contributed by atoms with E-state index >= 15 is 0 Å². The van der Waals surface area contributed by atoms with Gasteiger partial charge in [0.2, 0.25) is 23.6 Å². The van der Waals surface area contributed by atoms with Gasteiger partial charge in [0.05, 0.1) is 58.3 Å². The van der Waals surface area contributed by atoms with Gasteiger partial charge in [0.1, 0.15) is 0 Å². The fourth-order valence-electron chi connectivity index (χ4n) is 9.78. The van der Waals surface area contributed by atoms with Crippen LogP contribution in [0.4, 0.5) is 0 Å². The second kappa shape index (κ2) is 50.1. The van der Waals surface area contributed by atoms with E-state index < -0.39 is 5.41 Å². The maximum absolute atomic E-state index is 12.4. The van der Waals surface area contributed by atoms with E-state index in [1.807, 2.05) is 0 Å². The van der Waals surface area contributed by atoms with Crippen LogP contribution in [0.1, 0.15) is 128 Å². The molecule has 520 valence electrons. The summed E-state index contributed by atoms with van der Waals surface area (Å²) < 4.78 is 25.6. The molecule has 4 aliphatic heterocycles. The molecule has 0 aliphatic carbocycles. The third-order valence-electron chi connectivity index (χ3n) is 15.0. The number of hydrogen-bond acceptors (Lipinski definition) is 20. The largest absolute Gasteiger partial charge is 0.380 e. The average Bonchev–Trinajstić information content (AvgIpc) is 2.14. The van der Waals surface area contributed by atoms with E-state index in [-0.39, 0.29) is 70.9 Å². The fraction of sp³-hybridized carbons (Fsp3) is 0.692. The van der Waals surface area contributed by atoms with Crippen molar-refractivity contribution in [3.8, 4) is 0 Å². The van der Waals surface area contributed by atoms with Gasteiger partial charge in [0, 0.05) is 150 Å². The van der Waals surface area contributed by atoms with Gasteiger partial charge < -0.3 is 40.2 Å². The highest BCUT2D eigenvalue weighted by atomic mass is 32.2. The maximum Gasteiger partial charge on any atom is 0.253 e. The quantitative estimate of drug-likeness (QED) is 0.0463. The highest BCUT2D eigenvalue weighted by molar-refractivity contribution is 7.99. The minimum absolute atomic E-state index is 0.0187. The lowest BCUT2D eigenvalue weighted by molar-refractivity contribution is -0.138. The molecule has 0 unspecified atom stereocenters. The summed E-state index contributed by atoms with van der Waals surface area (Å²) in [5.41, 5.74) is -0.630. The Hall–Kier alpha value is -5.36. The number of unbranched alkanes of at least 4 members (excludes halogenated alkanes) is 8. The molecule has 0 radical (unpaired) electrons. The van der Waals surface area contributed by atoms with Crippen molar-refractivity contribution < 1.29 is 76.5 Å². The van der Waals surface area contributed by atoms with Gasteiger partial charge in [-0.25, -0.2) is 0 Å². The number of nitrogens with zero attached hydrogens (tertiary/aromatic N) is 4. The summed E-state index contributed by atoms with van der Waals surface area (Å²) in [6, 6.07) is 0. The Balaban J connectivity index is 1.18. The number of carbonyl (C=O) groups excluding carboxylic acids is 12. The average molecular weight is 1380 g/mol. The summed E-state index contributed by atoms with van der Waals surface area (Å²) in [5.74, 6) is 3.89. The zero-order valence-electron chi connectivity index (χ0n) is 54.2. The van der Waals surface area contributed by atoms with E-state index in [9.17, 15) is 57.5 Å². The van der Waals surface area contributed by atoms with Crippen molar-refractivity contribution in [2.24, 2.45) is 5.41 Å². The third-order valence-corrected chi connectivity index (χ3v) is 19.1. The fourth-order valence-corrected chi connectivity index (χ4v) is 12.9. The molecule has 28 heteroatoms. The van der Waals surface area contributed by atoms with E-state index in [0.717, 1.165) is 97.4 Å². The molecule has 24 nitrogen and oxygen atoms in total. The number of amides is 12. The number of ether oxygens (including phenoxy) is 4. The lowest BCUT2D eigenvalue weighted by Crippen LogP contribution is -2.42. The van der Waals surface area contributed by atoms with Crippen molar-refractivity contribution in [1.82, 2.24) is 40.9 Å². The molecule has 0 aromatic heterocycles. The van der Waals surface area contributed by atoms with Crippen molar-refractivity contribution in [2.45, 2.75) is 128 Å². The molecular weight excluding hydrogens is 1280 g/mol. The van der Waals surface area contributed by atoms with Gasteiger partial charge in [0.25, 0.3) is 47.3 Å². The number of rotatable bonds is 60. The summed E-state index contributed by atoms with van der Waals surface area (Å²) in [7, 11) is 0. The Bertz CT molecular complexity index is 2100. The standard InChI is InChI=1S/C65H100N8O16S4/c74-53(17-5-1-9-33-70-57(78)21-22-58(70)79)66-29-13-41-90-45-37-86-49-65(50-87-38-46-91-42-14-30-67-54(75)18-6-2-10-34-71-59(80)23-24-60(71)81,51-88-39-47-92-43-15-31-68-55(76)19-7-3-11-35-72-61(82)25-26-62(72)83)52-89-40-48-93-44-16-32-69-56(77)20-8-4-12-36-73-63(84)27-28-64(73)85/h21-28H,1-20,29-52H2,(H,66,74)(H,67,75)(H,68,76)(H,69,77). The van der Waals surface area contributed by atoms with Crippen molar-refractivity contribution in [1.29, 1.82) is 0 Å². The van der Waals surface area contributed by atoms with Crippen molar-refractivity contribution in [3.63, 3.8) is 0 Å². The Labute approximate surface area is 565 Å². The Morgan fingerprint density at radius 3 is 0.699 bits per heavy atom. The molecule has 0 saturated heterocycles. The lowest BCUT2D eigenvalue weighted by atomic mass is 9.92. The molecular formula is C65H100N8O16S4. The first kappa shape index (κ1) is 80.1. The zero-order chi connectivity index (χ0) is 67.0. The highest BCUT2D eigenvalue weighted by Crippen LogP contribution is 2.23. The van der Waals surface area contributed by atoms with Crippen LogP contribution in [0, 0.1) is 5.41 Å². The van der Waals surface area contributed by atoms with E-state index in [1.54, 1.807) is 47.0 Å². The van der Waals surface area contributed by atoms with Gasteiger partial charge in [-0.15, -0.1) is 0 Å². The molecule has 0 saturated carbocycles. The Morgan fingerprint density at radius 2 is 0.495 bits per heavy atom. The second-order valence-electron chi connectivity index (χ2n) is 22.9. The molecule has 0 aromatic rings. The first-order valence-corrected chi connectivity index (χ1v) is 37.6. The SMILES string of the molecule is O=C(CCCCCN1C(=O)C=CC1=O)NCCCSCCOCC(COCCSCCCNC(=O)CCCCCN1C(=O)C=CC1=O)(COCCSCCCNC(=O)CCCCCN1C(=O)C=CC1=O)COCCSCCCNC(=O)CCCCCN1C(=O)C=CC1=O. The van der Waals surface area contributed by atoms with E-state index in [2.05, 4.69) is 21.3 Å². The van der Waals surface area contributed by atoms with Gasteiger partial charge in [0.15, 0.2) is 0 Å². The summed E-state index contributed by atoms with van der Waals surface area (Å²) in [4.78, 5) is 149. The van der Waals surface area contributed by atoms with Crippen LogP contribution in [-0.2, 0) is 76.5 Å². The molecule has 0 fully saturated rings. The van der Waals surface area contributed by atoms with Crippen molar-refractivity contribution >= 4 is 118 Å². The summed E-state index contributed by atoms with van der Waals surface area (Å²) in [6.45, 7) is 6.93. The molecule has 0 atom stereocenters. The number of imide groups is 4. The zero-order valence-corrected chi connectivity index (χ0v) is 57.5. The molecule has 0 spiro atoms. The Kier molecular flexibility index (Phi) is 43.1. The minimum Gasteiger partial charge on any atom is -0.380 e. The molecule has 0 aromatic carbocycles. The maximum atomic E-state index is 12.4. The smallest absolute Gasteiger partial charge is 0.253 e. The predicted octanol–water partition coefficient (Wildman–Crippen LogP) is 4.94. The molecule has 4 heterocycles. The Morgan fingerprint density at radius 1 is 0.290 bits per heavy atom. The van der Waals surface area contributed by atoms with E-state index in [4.69, 9.17) is 18.9 Å². The number of thioether (sulfide) groups is 4. The molecule has 4 rings (SSSR count). The molecule has 93 heavy (non-hydrogen) atoms. The van der Waals surface area contributed by atoms with Crippen LogP contribution in [0.2, 0.25) is 0 Å². The normalized spacial score (nSPS) is 14.6. The lowest BCUT2D eigenvalue weighted by Gasteiger charge is -2.33. The van der Waals surface area contributed by atoms with Gasteiger partial charge >= 0.3 is 0 Å². The first-order valence-electron chi connectivity index (χ1n) is 33.0. The number of hydrogen-bond donors (Lipinski definition) is 4. The van der Waals surface area contributed by atoms with Crippen LogP contribution in [0.25, 0.3) is 0 Å². The monoisotopic (exact) mass is 1380 g/mol. The predicted molar refractivity (Wildman–Crippen MR) is 363 cm³/mol. The summed E-state index contributed by atoms with van der Waals surface area (Å²) >= 11 is 6.97. The molecule has 0 bridgehead atoms. The van der Waals surface area contributed by atoms with E-state index in [0.29, 0.717) is 182 Å². The summed E-state index contributed by atoms with van der Waals surface area (Å²) in [6.07, 6.45) is 23.2. The van der Waals surface area contributed by atoms with Crippen LogP contribution >= 0.6 is 47.0 Å².